The second-order valence-electron chi connectivity index (χ2n) is 4.23. The van der Waals surface area contributed by atoms with Crippen LogP contribution in [0.2, 0.25) is 0 Å². The molecule has 1 fully saturated rings. The number of nitrogens with one attached hydrogen (secondary N) is 1. The quantitative estimate of drug-likeness (QED) is 0.780. The van der Waals surface area contributed by atoms with Crippen molar-refractivity contribution in [1.82, 2.24) is 10.3 Å². The van der Waals surface area contributed by atoms with E-state index in [1.165, 1.54) is 0 Å². The van der Waals surface area contributed by atoms with Crippen LogP contribution in [0.5, 0.6) is 5.88 Å². The van der Waals surface area contributed by atoms with E-state index in [2.05, 4.69) is 22.1 Å². The Labute approximate surface area is 107 Å². The molecular formula is C14H18N2O2. The van der Waals surface area contributed by atoms with Gasteiger partial charge in [0.2, 0.25) is 5.88 Å². The third-order valence-corrected chi connectivity index (χ3v) is 2.78. The van der Waals surface area contributed by atoms with Crippen molar-refractivity contribution < 1.29 is 9.84 Å². The summed E-state index contributed by atoms with van der Waals surface area (Å²) in [6.45, 7) is 2.11. The Morgan fingerprint density at radius 2 is 2.22 bits per heavy atom. The molecule has 1 aromatic heterocycles. The standard InChI is InChI=1S/C14H18N2O2/c17-10-2-1-3-12-4-5-14(16-11-12)18-13-6-8-15-9-7-13/h4-5,11,13,15,17H,2,6-10H2. The number of pyridine rings is 1. The van der Waals surface area contributed by atoms with E-state index in [9.17, 15) is 0 Å². The van der Waals surface area contributed by atoms with Gasteiger partial charge in [0.05, 0.1) is 6.61 Å². The molecule has 18 heavy (non-hydrogen) atoms. The molecule has 2 rings (SSSR count). The Hall–Kier alpha value is -1.57. The maximum Gasteiger partial charge on any atom is 0.213 e. The van der Waals surface area contributed by atoms with Gasteiger partial charge < -0.3 is 15.2 Å². The number of hydrogen-bond acceptors (Lipinski definition) is 4. The fraction of sp³-hybridized carbons (Fsp3) is 0.500. The first-order valence-electron chi connectivity index (χ1n) is 6.31. The molecule has 1 aliphatic heterocycles. The fourth-order valence-corrected chi connectivity index (χ4v) is 1.83. The van der Waals surface area contributed by atoms with Crippen LogP contribution in [0.25, 0.3) is 0 Å². The van der Waals surface area contributed by atoms with Crippen molar-refractivity contribution in [3.63, 3.8) is 0 Å². The highest BCUT2D eigenvalue weighted by molar-refractivity contribution is 5.33. The zero-order valence-electron chi connectivity index (χ0n) is 10.4. The van der Waals surface area contributed by atoms with Crippen LogP contribution in [0.4, 0.5) is 0 Å². The summed E-state index contributed by atoms with van der Waals surface area (Å²) < 4.78 is 5.80. The first-order valence-corrected chi connectivity index (χ1v) is 6.31. The van der Waals surface area contributed by atoms with Crippen LogP contribution in [0, 0.1) is 11.8 Å². The summed E-state index contributed by atoms with van der Waals surface area (Å²) in [5, 5.41) is 11.9. The number of aliphatic hydroxyl groups is 1. The van der Waals surface area contributed by atoms with Crippen LogP contribution >= 0.6 is 0 Å². The minimum Gasteiger partial charge on any atom is -0.474 e. The highest BCUT2D eigenvalue weighted by atomic mass is 16.5. The number of piperidine rings is 1. The topological polar surface area (TPSA) is 54.4 Å². The minimum atomic E-state index is 0.0946. The summed E-state index contributed by atoms with van der Waals surface area (Å²) in [5.41, 5.74) is 0.848. The highest BCUT2D eigenvalue weighted by Crippen LogP contribution is 2.14. The van der Waals surface area contributed by atoms with Gasteiger partial charge in [0.1, 0.15) is 6.10 Å². The average molecular weight is 246 g/mol. The molecule has 1 aliphatic rings. The fourth-order valence-electron chi connectivity index (χ4n) is 1.83. The van der Waals surface area contributed by atoms with E-state index in [1.54, 1.807) is 6.20 Å². The lowest BCUT2D eigenvalue weighted by Gasteiger charge is -2.23. The normalized spacial score (nSPS) is 15.8. The number of hydrogen-bond donors (Lipinski definition) is 2. The second-order valence-corrected chi connectivity index (χ2v) is 4.23. The van der Waals surface area contributed by atoms with Crippen molar-refractivity contribution in [2.75, 3.05) is 19.7 Å². The highest BCUT2D eigenvalue weighted by Gasteiger charge is 2.14. The Morgan fingerprint density at radius 3 is 2.89 bits per heavy atom. The number of aliphatic hydroxyl groups excluding tert-OH is 1. The number of ether oxygens (including phenoxy) is 1. The minimum absolute atomic E-state index is 0.0946. The summed E-state index contributed by atoms with van der Waals surface area (Å²) >= 11 is 0. The van der Waals surface area contributed by atoms with Crippen LogP contribution in [-0.2, 0) is 0 Å². The predicted octanol–water partition coefficient (Wildman–Crippen LogP) is 0.946. The smallest absolute Gasteiger partial charge is 0.213 e. The van der Waals surface area contributed by atoms with Crippen LogP contribution in [0.15, 0.2) is 18.3 Å². The van der Waals surface area contributed by atoms with Crippen molar-refractivity contribution in [1.29, 1.82) is 0 Å². The summed E-state index contributed by atoms with van der Waals surface area (Å²) in [5.74, 6) is 6.46. The molecule has 0 aromatic carbocycles. The van der Waals surface area contributed by atoms with E-state index >= 15 is 0 Å². The Morgan fingerprint density at radius 1 is 1.39 bits per heavy atom. The first kappa shape index (κ1) is 12.9. The zero-order chi connectivity index (χ0) is 12.6. The van der Waals surface area contributed by atoms with Gasteiger partial charge in [-0.15, -0.1) is 0 Å². The van der Waals surface area contributed by atoms with Gasteiger partial charge in [-0.25, -0.2) is 4.98 Å². The molecular weight excluding hydrogens is 228 g/mol. The predicted molar refractivity (Wildman–Crippen MR) is 69.3 cm³/mol. The van der Waals surface area contributed by atoms with E-state index in [4.69, 9.17) is 9.84 Å². The van der Waals surface area contributed by atoms with Crippen LogP contribution in [0.1, 0.15) is 24.8 Å². The molecule has 0 aliphatic carbocycles. The lowest BCUT2D eigenvalue weighted by Crippen LogP contribution is -2.34. The summed E-state index contributed by atoms with van der Waals surface area (Å²) in [4.78, 5) is 4.24. The van der Waals surface area contributed by atoms with Crippen molar-refractivity contribution in [2.24, 2.45) is 0 Å². The van der Waals surface area contributed by atoms with Gasteiger partial charge in [0.15, 0.2) is 0 Å². The molecule has 2 N–H and O–H groups in total. The van der Waals surface area contributed by atoms with E-state index in [-0.39, 0.29) is 12.7 Å². The Kier molecular flexibility index (Phi) is 5.00. The van der Waals surface area contributed by atoms with Crippen LogP contribution in [-0.4, -0.2) is 35.9 Å². The summed E-state index contributed by atoms with van der Waals surface area (Å²) in [7, 11) is 0. The largest absolute Gasteiger partial charge is 0.474 e. The molecule has 0 radical (unpaired) electrons. The molecule has 96 valence electrons. The van der Waals surface area contributed by atoms with Gasteiger partial charge in [0, 0.05) is 24.2 Å². The van der Waals surface area contributed by atoms with Crippen molar-refractivity contribution >= 4 is 0 Å². The van der Waals surface area contributed by atoms with Gasteiger partial charge in [-0.05, 0) is 32.0 Å². The van der Waals surface area contributed by atoms with Gasteiger partial charge in [-0.2, -0.15) is 0 Å². The van der Waals surface area contributed by atoms with Crippen molar-refractivity contribution in [2.45, 2.75) is 25.4 Å². The molecule has 4 heteroatoms. The number of aromatic nitrogens is 1. The third-order valence-electron chi connectivity index (χ3n) is 2.78. The Balaban J connectivity index is 1.89. The molecule has 0 atom stereocenters. The van der Waals surface area contributed by atoms with Gasteiger partial charge in [-0.1, -0.05) is 11.8 Å². The van der Waals surface area contributed by atoms with Crippen molar-refractivity contribution in [3.05, 3.63) is 23.9 Å². The Bertz CT molecular complexity index is 414. The molecule has 2 heterocycles. The molecule has 0 spiro atoms. The van der Waals surface area contributed by atoms with Gasteiger partial charge in [0.25, 0.3) is 0 Å². The maximum absolute atomic E-state index is 8.63. The molecule has 4 nitrogen and oxygen atoms in total. The molecule has 0 saturated carbocycles. The second kappa shape index (κ2) is 7.00. The van der Waals surface area contributed by atoms with Crippen molar-refractivity contribution in [3.8, 4) is 17.7 Å². The van der Waals surface area contributed by atoms with Crippen LogP contribution < -0.4 is 10.1 Å². The van der Waals surface area contributed by atoms with Gasteiger partial charge in [-0.3, -0.25) is 0 Å². The zero-order valence-corrected chi connectivity index (χ0v) is 10.4. The molecule has 1 aromatic rings. The first-order chi connectivity index (χ1) is 8.88. The van der Waals surface area contributed by atoms with E-state index in [0.29, 0.717) is 12.3 Å². The maximum atomic E-state index is 8.63. The molecule has 0 bridgehead atoms. The van der Waals surface area contributed by atoms with E-state index in [1.807, 2.05) is 12.1 Å². The number of nitrogens with zero attached hydrogens (tertiary/aromatic N) is 1. The van der Waals surface area contributed by atoms with E-state index < -0.39 is 0 Å². The number of rotatable bonds is 3. The third kappa shape index (κ3) is 4.02. The molecule has 0 unspecified atom stereocenters. The lowest BCUT2D eigenvalue weighted by atomic mass is 10.1. The van der Waals surface area contributed by atoms with Crippen LogP contribution in [0.3, 0.4) is 0 Å². The summed E-state index contributed by atoms with van der Waals surface area (Å²) in [6, 6.07) is 3.75. The summed E-state index contributed by atoms with van der Waals surface area (Å²) in [6.07, 6.45) is 4.53. The lowest BCUT2D eigenvalue weighted by molar-refractivity contribution is 0.156. The monoisotopic (exact) mass is 246 g/mol. The van der Waals surface area contributed by atoms with E-state index in [0.717, 1.165) is 31.5 Å². The van der Waals surface area contributed by atoms with Gasteiger partial charge >= 0.3 is 0 Å². The molecule has 1 saturated heterocycles. The molecule has 0 amide bonds. The average Bonchev–Trinajstić information content (AvgIpc) is 2.42. The SMILES string of the molecule is OCCC#Cc1ccc(OC2CCNCC2)nc1.